The lowest BCUT2D eigenvalue weighted by molar-refractivity contribution is -0.0746. The Morgan fingerprint density at radius 2 is 1.88 bits per heavy atom. The Kier molecular flexibility index (Phi) is 6.86. The third-order valence-electron chi connectivity index (χ3n) is 13.0. The number of hydrogen-bond acceptors (Lipinski definition) is 3. The highest BCUT2D eigenvalue weighted by atomic mass is 16.5. The van der Waals surface area contributed by atoms with E-state index in [0.29, 0.717) is 35.3 Å². The van der Waals surface area contributed by atoms with Crippen molar-refractivity contribution in [1.29, 1.82) is 0 Å². The third kappa shape index (κ3) is 4.45. The number of ether oxygens (including phenoxy) is 1. The summed E-state index contributed by atoms with van der Waals surface area (Å²) < 4.78 is 7.08. The molecule has 1 aromatic rings. The second-order valence-corrected chi connectivity index (χ2v) is 15.1. The van der Waals surface area contributed by atoms with E-state index in [1.165, 1.54) is 44.9 Å². The minimum absolute atomic E-state index is 0.0362. The summed E-state index contributed by atoms with van der Waals surface area (Å²) in [6.45, 7) is 11.1. The minimum atomic E-state index is -0.0563. The molecule has 5 fully saturated rings. The lowest BCUT2D eigenvalue weighted by Crippen LogP contribution is -2.51. The van der Waals surface area contributed by atoms with Gasteiger partial charge >= 0.3 is 6.03 Å². The highest BCUT2D eigenvalue weighted by Crippen LogP contribution is 2.65. The van der Waals surface area contributed by atoms with Crippen molar-refractivity contribution in [2.24, 2.45) is 40.9 Å². The molecule has 5 heteroatoms. The summed E-state index contributed by atoms with van der Waals surface area (Å²) in [5.74, 6) is 4.43. The molecule has 3 N–H and O–H groups in total. The standard InChI is InChI=1S/C35H51N3O2/c1-21-16-31-32(36-20-21)23(3)35(40-31)15-13-27-28-11-10-24-17-26(38-33(39)37-25-8-6-5-7-9-25)12-14-34(24,4)30(28)18-29(27)22(2)19-35/h5-9,21,23-24,26-28,30-32,36H,10-20H2,1-4H3,(H2,37,38,39). The lowest BCUT2D eigenvalue weighted by Gasteiger charge is -2.54. The Bertz CT molecular complexity index is 1150. The third-order valence-corrected chi connectivity index (χ3v) is 13.0. The normalized spacial score (nSPS) is 46.1. The topological polar surface area (TPSA) is 62.4 Å². The van der Waals surface area contributed by atoms with Gasteiger partial charge in [0.25, 0.3) is 0 Å². The van der Waals surface area contributed by atoms with E-state index >= 15 is 0 Å². The molecule has 40 heavy (non-hydrogen) atoms. The number of carbonyl (C=O) groups is 1. The molecule has 6 aliphatic rings. The average molecular weight is 546 g/mol. The van der Waals surface area contributed by atoms with Crippen molar-refractivity contribution < 1.29 is 9.53 Å². The largest absolute Gasteiger partial charge is 0.369 e. The summed E-state index contributed by atoms with van der Waals surface area (Å²) in [6, 6.07) is 10.6. The Labute approximate surface area is 241 Å². The zero-order valence-electron chi connectivity index (χ0n) is 25.2. The van der Waals surface area contributed by atoms with E-state index in [9.17, 15) is 4.79 Å². The Morgan fingerprint density at radius 3 is 2.70 bits per heavy atom. The molecule has 7 rings (SSSR count). The Balaban J connectivity index is 1.04. The number of amides is 2. The van der Waals surface area contributed by atoms with Crippen molar-refractivity contribution >= 4 is 11.7 Å². The van der Waals surface area contributed by atoms with Crippen LogP contribution in [0.4, 0.5) is 10.5 Å². The predicted octanol–water partition coefficient (Wildman–Crippen LogP) is 7.30. The van der Waals surface area contributed by atoms with Gasteiger partial charge in [-0.25, -0.2) is 4.79 Å². The number of rotatable bonds is 2. The van der Waals surface area contributed by atoms with Crippen molar-refractivity contribution in [3.63, 3.8) is 0 Å². The first-order valence-electron chi connectivity index (χ1n) is 16.5. The molecule has 2 saturated heterocycles. The highest BCUT2D eigenvalue weighted by molar-refractivity contribution is 5.89. The summed E-state index contributed by atoms with van der Waals surface area (Å²) in [6.07, 6.45) is 12.8. The maximum Gasteiger partial charge on any atom is 0.319 e. The molecule has 11 unspecified atom stereocenters. The van der Waals surface area contributed by atoms with E-state index in [4.69, 9.17) is 4.74 Å². The second kappa shape index (κ2) is 10.2. The fourth-order valence-corrected chi connectivity index (χ4v) is 10.8. The van der Waals surface area contributed by atoms with E-state index in [1.807, 2.05) is 35.9 Å². The van der Waals surface area contributed by atoms with Gasteiger partial charge in [-0.05, 0) is 125 Å². The van der Waals surface area contributed by atoms with Crippen LogP contribution >= 0.6 is 0 Å². The predicted molar refractivity (Wildman–Crippen MR) is 161 cm³/mol. The molecule has 1 aromatic carbocycles. The molecule has 2 amide bonds. The van der Waals surface area contributed by atoms with Crippen molar-refractivity contribution in [2.75, 3.05) is 11.9 Å². The van der Waals surface area contributed by atoms with Crippen molar-refractivity contribution in [3.8, 4) is 0 Å². The molecule has 5 nitrogen and oxygen atoms in total. The second-order valence-electron chi connectivity index (χ2n) is 15.1. The molecule has 4 aliphatic carbocycles. The molecular formula is C35H51N3O2. The maximum absolute atomic E-state index is 12.7. The average Bonchev–Trinajstić information content (AvgIpc) is 3.39. The van der Waals surface area contributed by atoms with Crippen molar-refractivity contribution in [3.05, 3.63) is 41.5 Å². The summed E-state index contributed by atoms with van der Waals surface area (Å²) in [7, 11) is 0. The summed E-state index contributed by atoms with van der Waals surface area (Å²) in [5, 5.41) is 10.2. The number of hydrogen-bond donors (Lipinski definition) is 3. The number of benzene rings is 1. The van der Waals surface area contributed by atoms with E-state index < -0.39 is 0 Å². The van der Waals surface area contributed by atoms with Gasteiger partial charge in [0.2, 0.25) is 0 Å². The van der Waals surface area contributed by atoms with Gasteiger partial charge in [0, 0.05) is 23.7 Å². The van der Waals surface area contributed by atoms with Crippen LogP contribution in [0.1, 0.15) is 91.9 Å². The molecule has 0 aromatic heterocycles. The number of piperidine rings is 1. The van der Waals surface area contributed by atoms with Crippen molar-refractivity contribution in [2.45, 2.75) is 116 Å². The van der Waals surface area contributed by atoms with Crippen LogP contribution in [0.2, 0.25) is 0 Å². The van der Waals surface area contributed by atoms with Gasteiger partial charge in [-0.1, -0.05) is 50.1 Å². The number of carbonyl (C=O) groups excluding carboxylic acids is 1. The summed E-state index contributed by atoms with van der Waals surface area (Å²) in [4.78, 5) is 12.7. The minimum Gasteiger partial charge on any atom is -0.369 e. The fraction of sp³-hybridized carbons (Fsp3) is 0.743. The number of urea groups is 1. The van der Waals surface area contributed by atoms with Gasteiger partial charge in [-0.3, -0.25) is 0 Å². The molecule has 0 radical (unpaired) electrons. The van der Waals surface area contributed by atoms with E-state index in [1.54, 1.807) is 5.57 Å². The fourth-order valence-electron chi connectivity index (χ4n) is 10.8. The SMILES string of the molecule is CC1=C2CC3C(CCC4CC(NC(=O)Nc5ccccc5)CCC43C)C2CCC2(C1)OC1CC(C)CNC1C2C. The molecular weight excluding hydrogens is 494 g/mol. The van der Waals surface area contributed by atoms with Crippen LogP contribution in [0, 0.1) is 40.9 Å². The van der Waals surface area contributed by atoms with Gasteiger partial charge in [0.1, 0.15) is 0 Å². The number of allylic oxidation sites excluding steroid dienone is 1. The van der Waals surface area contributed by atoms with Crippen LogP contribution in [0.3, 0.4) is 0 Å². The Hall–Kier alpha value is -1.85. The van der Waals surface area contributed by atoms with Gasteiger partial charge < -0.3 is 20.7 Å². The zero-order chi connectivity index (χ0) is 27.6. The zero-order valence-corrected chi connectivity index (χ0v) is 25.2. The molecule has 218 valence electrons. The van der Waals surface area contributed by atoms with Crippen LogP contribution < -0.4 is 16.0 Å². The summed E-state index contributed by atoms with van der Waals surface area (Å²) in [5.41, 5.74) is 4.79. The van der Waals surface area contributed by atoms with E-state index in [0.717, 1.165) is 49.2 Å². The highest BCUT2D eigenvalue weighted by Gasteiger charge is 2.59. The number of fused-ring (bicyclic) bond motifs is 6. The Morgan fingerprint density at radius 1 is 1.05 bits per heavy atom. The summed E-state index contributed by atoms with van der Waals surface area (Å²) >= 11 is 0. The first-order chi connectivity index (χ1) is 19.3. The van der Waals surface area contributed by atoms with Crippen LogP contribution in [0.5, 0.6) is 0 Å². The molecule has 2 aliphatic heterocycles. The smallest absolute Gasteiger partial charge is 0.319 e. The molecule has 0 bridgehead atoms. The first kappa shape index (κ1) is 27.0. The van der Waals surface area contributed by atoms with Gasteiger partial charge in [0.15, 0.2) is 0 Å². The number of para-hydroxylation sites is 1. The van der Waals surface area contributed by atoms with Crippen LogP contribution in [0.15, 0.2) is 41.5 Å². The van der Waals surface area contributed by atoms with Gasteiger partial charge in [0.05, 0.1) is 11.7 Å². The van der Waals surface area contributed by atoms with Gasteiger partial charge in [-0.2, -0.15) is 0 Å². The van der Waals surface area contributed by atoms with Crippen molar-refractivity contribution in [1.82, 2.24) is 10.6 Å². The molecule has 1 spiro atoms. The number of nitrogens with one attached hydrogen (secondary N) is 3. The molecule has 11 atom stereocenters. The van der Waals surface area contributed by atoms with Gasteiger partial charge in [-0.15, -0.1) is 0 Å². The first-order valence-corrected chi connectivity index (χ1v) is 16.5. The number of anilines is 1. The maximum atomic E-state index is 12.7. The quantitative estimate of drug-likeness (QED) is 0.342. The van der Waals surface area contributed by atoms with E-state index in [2.05, 4.69) is 43.6 Å². The monoisotopic (exact) mass is 545 g/mol. The van der Waals surface area contributed by atoms with Crippen LogP contribution in [-0.2, 0) is 4.74 Å². The van der Waals surface area contributed by atoms with Crippen LogP contribution in [0.25, 0.3) is 0 Å². The van der Waals surface area contributed by atoms with Crippen LogP contribution in [-0.4, -0.2) is 36.4 Å². The van der Waals surface area contributed by atoms with E-state index in [-0.39, 0.29) is 17.7 Å². The lowest BCUT2D eigenvalue weighted by atomic mass is 9.52. The molecule has 2 heterocycles. The molecule has 3 saturated carbocycles.